The number of Topliss-reactive ketones (excluding diaryl/α,β-unsaturated/α-hetero) is 1. The van der Waals surface area contributed by atoms with E-state index in [1.807, 2.05) is 27.7 Å². The molecule has 0 aromatic rings. The minimum Gasteiger partial charge on any atom is -0.510 e. The van der Waals surface area contributed by atoms with E-state index in [-0.39, 0.29) is 35.5 Å². The predicted octanol–water partition coefficient (Wildman–Crippen LogP) is 3.18. The van der Waals surface area contributed by atoms with Gasteiger partial charge >= 0.3 is 0 Å². The van der Waals surface area contributed by atoms with Crippen LogP contribution in [-0.4, -0.2) is 10.9 Å². The second-order valence-corrected chi connectivity index (χ2v) is 4.51. The van der Waals surface area contributed by atoms with Crippen LogP contribution in [0.15, 0.2) is 16.6 Å². The molecule has 0 aliphatic heterocycles. The third-order valence-corrected chi connectivity index (χ3v) is 1.82. The Labute approximate surface area is 90.3 Å². The first-order chi connectivity index (χ1) is 6.88. The maximum Gasteiger partial charge on any atom is 0.188 e. The number of carbonyl (C=O) groups is 1. The SMILES string of the molecule is CC(C)CC(=O)C(N=O)=C(O)CC(C)C. The van der Waals surface area contributed by atoms with E-state index in [9.17, 15) is 14.8 Å². The van der Waals surface area contributed by atoms with Crippen LogP contribution in [0, 0.1) is 16.7 Å². The van der Waals surface area contributed by atoms with Crippen molar-refractivity contribution in [3.8, 4) is 0 Å². The van der Waals surface area contributed by atoms with Crippen LogP contribution in [0.4, 0.5) is 0 Å². The highest BCUT2D eigenvalue weighted by Crippen LogP contribution is 2.17. The van der Waals surface area contributed by atoms with Crippen LogP contribution in [0.2, 0.25) is 0 Å². The van der Waals surface area contributed by atoms with Gasteiger partial charge in [-0.2, -0.15) is 0 Å². The molecule has 0 fully saturated rings. The fraction of sp³-hybridized carbons (Fsp3) is 0.727. The molecule has 0 aromatic heterocycles. The van der Waals surface area contributed by atoms with Gasteiger partial charge in [0, 0.05) is 12.8 Å². The minimum atomic E-state index is -0.377. The first-order valence-corrected chi connectivity index (χ1v) is 5.17. The first-order valence-electron chi connectivity index (χ1n) is 5.17. The average Bonchev–Trinajstić information content (AvgIpc) is 2.01. The molecule has 15 heavy (non-hydrogen) atoms. The molecule has 0 heterocycles. The number of hydrogen-bond acceptors (Lipinski definition) is 4. The van der Waals surface area contributed by atoms with Crippen LogP contribution in [0.1, 0.15) is 40.5 Å². The van der Waals surface area contributed by atoms with Crippen LogP contribution in [0.5, 0.6) is 0 Å². The molecule has 0 spiro atoms. The zero-order valence-electron chi connectivity index (χ0n) is 9.78. The number of carbonyl (C=O) groups excluding carboxylic acids is 1. The van der Waals surface area contributed by atoms with Gasteiger partial charge in [0.25, 0.3) is 0 Å². The summed E-state index contributed by atoms with van der Waals surface area (Å²) in [5.74, 6) is -0.224. The van der Waals surface area contributed by atoms with E-state index in [1.54, 1.807) is 0 Å². The quantitative estimate of drug-likeness (QED) is 0.418. The van der Waals surface area contributed by atoms with Crippen molar-refractivity contribution in [2.45, 2.75) is 40.5 Å². The molecular weight excluding hydrogens is 194 g/mol. The Kier molecular flexibility index (Phi) is 5.82. The Morgan fingerprint density at radius 2 is 1.60 bits per heavy atom. The zero-order valence-corrected chi connectivity index (χ0v) is 9.78. The van der Waals surface area contributed by atoms with Crippen LogP contribution in [-0.2, 0) is 4.79 Å². The summed E-state index contributed by atoms with van der Waals surface area (Å²) in [5, 5.41) is 12.2. The Morgan fingerprint density at radius 1 is 1.13 bits per heavy atom. The number of rotatable bonds is 6. The molecule has 0 amide bonds. The van der Waals surface area contributed by atoms with Crippen molar-refractivity contribution in [2.75, 3.05) is 0 Å². The first kappa shape index (κ1) is 13.8. The van der Waals surface area contributed by atoms with Gasteiger partial charge in [0.15, 0.2) is 11.5 Å². The molecule has 4 nitrogen and oxygen atoms in total. The van der Waals surface area contributed by atoms with Crippen molar-refractivity contribution >= 4 is 5.78 Å². The molecule has 0 radical (unpaired) electrons. The summed E-state index contributed by atoms with van der Waals surface area (Å²) in [7, 11) is 0. The van der Waals surface area contributed by atoms with Gasteiger partial charge < -0.3 is 5.11 Å². The largest absolute Gasteiger partial charge is 0.510 e. The van der Waals surface area contributed by atoms with Crippen molar-refractivity contribution in [1.29, 1.82) is 0 Å². The molecule has 86 valence electrons. The highest BCUT2D eigenvalue weighted by molar-refractivity contribution is 5.95. The maximum atomic E-state index is 11.5. The van der Waals surface area contributed by atoms with E-state index in [2.05, 4.69) is 5.18 Å². The van der Waals surface area contributed by atoms with Gasteiger partial charge in [-0.1, -0.05) is 27.7 Å². The summed E-state index contributed by atoms with van der Waals surface area (Å²) < 4.78 is 0. The van der Waals surface area contributed by atoms with Crippen molar-refractivity contribution in [2.24, 2.45) is 17.0 Å². The number of nitrogens with zero attached hydrogens (tertiary/aromatic N) is 1. The van der Waals surface area contributed by atoms with Gasteiger partial charge in [0.05, 0.1) is 0 Å². The highest BCUT2D eigenvalue weighted by Gasteiger charge is 2.18. The molecule has 0 aromatic carbocycles. The molecule has 4 heteroatoms. The summed E-state index contributed by atoms with van der Waals surface area (Å²) in [5.41, 5.74) is -0.308. The predicted molar refractivity (Wildman–Crippen MR) is 59.4 cm³/mol. The minimum absolute atomic E-state index is 0.154. The Hall–Kier alpha value is -1.19. The zero-order chi connectivity index (χ0) is 12.0. The Bertz CT molecular complexity index is 267. The van der Waals surface area contributed by atoms with Gasteiger partial charge in [-0.3, -0.25) is 4.79 Å². The van der Waals surface area contributed by atoms with E-state index in [1.165, 1.54) is 0 Å². The molecule has 0 rings (SSSR count). The number of hydrogen-bond donors (Lipinski definition) is 1. The number of nitroso groups, excluding NO2 is 1. The lowest BCUT2D eigenvalue weighted by Gasteiger charge is -2.07. The summed E-state index contributed by atoms with van der Waals surface area (Å²) in [6.07, 6.45) is 0.550. The van der Waals surface area contributed by atoms with E-state index < -0.39 is 0 Å². The normalized spacial score (nSPS) is 12.9. The second-order valence-electron chi connectivity index (χ2n) is 4.51. The van der Waals surface area contributed by atoms with Gasteiger partial charge in [-0.25, -0.2) is 0 Å². The third-order valence-electron chi connectivity index (χ3n) is 1.82. The van der Waals surface area contributed by atoms with E-state index in [0.717, 1.165) is 0 Å². The smallest absolute Gasteiger partial charge is 0.188 e. The standard InChI is InChI=1S/C11H19NO3/c1-7(2)5-9(13)11(12-15)10(14)6-8(3)4/h7-8,13H,5-6H2,1-4H3. The molecule has 0 aliphatic rings. The molecule has 1 N–H and O–H groups in total. The summed E-state index contributed by atoms with van der Waals surface area (Å²) >= 11 is 0. The molecule has 0 atom stereocenters. The second kappa shape index (κ2) is 6.32. The van der Waals surface area contributed by atoms with Crippen molar-refractivity contribution in [3.05, 3.63) is 16.4 Å². The average molecular weight is 213 g/mol. The summed E-state index contributed by atoms with van der Waals surface area (Å²) in [6, 6.07) is 0. The Morgan fingerprint density at radius 3 is 1.93 bits per heavy atom. The Balaban J connectivity index is 4.72. The van der Waals surface area contributed by atoms with Crippen LogP contribution in [0.3, 0.4) is 0 Å². The number of ketones is 1. The molecule has 0 saturated heterocycles. The summed E-state index contributed by atoms with van der Waals surface area (Å²) in [6.45, 7) is 7.54. The molecule has 0 bridgehead atoms. The molecule has 0 aliphatic carbocycles. The number of aliphatic hydroxyl groups excluding tert-OH is 1. The van der Waals surface area contributed by atoms with Crippen molar-refractivity contribution in [3.63, 3.8) is 0 Å². The van der Waals surface area contributed by atoms with Gasteiger partial charge in [0.1, 0.15) is 5.76 Å². The summed E-state index contributed by atoms with van der Waals surface area (Å²) in [4.78, 5) is 22.0. The van der Waals surface area contributed by atoms with E-state index >= 15 is 0 Å². The number of aliphatic hydroxyl groups is 1. The monoisotopic (exact) mass is 213 g/mol. The van der Waals surface area contributed by atoms with Gasteiger partial charge in [0.2, 0.25) is 0 Å². The van der Waals surface area contributed by atoms with Gasteiger partial charge in [-0.05, 0) is 17.0 Å². The van der Waals surface area contributed by atoms with Crippen LogP contribution >= 0.6 is 0 Å². The molecule has 0 saturated carbocycles. The highest BCUT2D eigenvalue weighted by atomic mass is 16.3. The van der Waals surface area contributed by atoms with Crippen molar-refractivity contribution < 1.29 is 9.90 Å². The van der Waals surface area contributed by atoms with E-state index in [0.29, 0.717) is 6.42 Å². The lowest BCUT2D eigenvalue weighted by molar-refractivity contribution is -0.116. The van der Waals surface area contributed by atoms with Crippen molar-refractivity contribution in [1.82, 2.24) is 0 Å². The number of allylic oxidation sites excluding steroid dienone is 2. The molecule has 0 unspecified atom stereocenters. The topological polar surface area (TPSA) is 66.7 Å². The molecular formula is C11H19NO3. The lowest BCUT2D eigenvalue weighted by atomic mass is 10.0. The van der Waals surface area contributed by atoms with Crippen LogP contribution in [0.25, 0.3) is 0 Å². The van der Waals surface area contributed by atoms with E-state index in [4.69, 9.17) is 0 Å². The lowest BCUT2D eigenvalue weighted by Crippen LogP contribution is -2.08. The van der Waals surface area contributed by atoms with Crippen LogP contribution < -0.4 is 0 Å². The fourth-order valence-electron chi connectivity index (χ4n) is 1.22. The van der Waals surface area contributed by atoms with Gasteiger partial charge in [-0.15, -0.1) is 4.91 Å². The fourth-order valence-corrected chi connectivity index (χ4v) is 1.22. The third kappa shape index (κ3) is 5.30. The maximum absolute atomic E-state index is 11.5.